The van der Waals surface area contributed by atoms with Gasteiger partial charge >= 0.3 is 0 Å². The molecule has 2 rings (SSSR count). The van der Waals surface area contributed by atoms with E-state index >= 15 is 0 Å². The van der Waals surface area contributed by atoms with Crippen LogP contribution in [0.25, 0.3) is 11.1 Å². The molecule has 0 bridgehead atoms. The summed E-state index contributed by atoms with van der Waals surface area (Å²) in [6, 6.07) is 14.0. The van der Waals surface area contributed by atoms with Crippen molar-refractivity contribution in [1.29, 1.82) is 0 Å². The van der Waals surface area contributed by atoms with Gasteiger partial charge < -0.3 is 15.7 Å². The molecular weight excluding hydrogens is 470 g/mol. The molecule has 3 amide bonds. The van der Waals surface area contributed by atoms with Gasteiger partial charge in [-0.1, -0.05) is 68.5 Å². The van der Waals surface area contributed by atoms with Crippen LogP contribution < -0.4 is 10.6 Å². The first-order chi connectivity index (χ1) is 16.4. The Morgan fingerprint density at radius 2 is 1.57 bits per heavy atom. The van der Waals surface area contributed by atoms with Gasteiger partial charge in [0.15, 0.2) is 0 Å². The van der Waals surface area contributed by atoms with Crippen LogP contribution in [-0.4, -0.2) is 58.8 Å². The van der Waals surface area contributed by atoms with Crippen molar-refractivity contribution >= 4 is 29.3 Å². The van der Waals surface area contributed by atoms with Gasteiger partial charge in [0.1, 0.15) is 18.7 Å². The lowest BCUT2D eigenvalue weighted by molar-refractivity contribution is -0.173. The van der Waals surface area contributed by atoms with Crippen molar-refractivity contribution in [3.63, 3.8) is 0 Å². The Morgan fingerprint density at radius 1 is 1.03 bits per heavy atom. The molecule has 0 saturated carbocycles. The van der Waals surface area contributed by atoms with Crippen molar-refractivity contribution in [2.75, 3.05) is 13.6 Å². The Labute approximate surface area is 210 Å². The largest absolute Gasteiger partial charge is 0.383 e. The second-order valence-corrected chi connectivity index (χ2v) is 9.42. The molecule has 0 aromatic heterocycles. The van der Waals surface area contributed by atoms with E-state index in [1.807, 2.05) is 24.3 Å². The minimum absolute atomic E-state index is 0.257. The van der Waals surface area contributed by atoms with E-state index in [0.29, 0.717) is 10.6 Å². The number of hydrogen-bond donors (Lipinski definition) is 4. The first-order valence-corrected chi connectivity index (χ1v) is 11.3. The number of nitrogens with zero attached hydrogens (tertiary/aromatic N) is 1. The highest BCUT2D eigenvalue weighted by Gasteiger charge is 2.33. The molecule has 0 aliphatic carbocycles. The van der Waals surface area contributed by atoms with Crippen LogP contribution in [-0.2, 0) is 14.4 Å². The Hall–Kier alpha value is -3.38. The van der Waals surface area contributed by atoms with Crippen LogP contribution in [0.15, 0.2) is 48.5 Å². The van der Waals surface area contributed by atoms with Crippen LogP contribution >= 0.6 is 11.6 Å². The third kappa shape index (κ3) is 8.41. The van der Waals surface area contributed by atoms with Crippen molar-refractivity contribution in [2.24, 2.45) is 5.41 Å². The number of likely N-dealkylation sites (N-methyl/N-ethyl adjacent to an activating group) is 1. The molecule has 9 heteroatoms. The molecule has 8 nitrogen and oxygen atoms in total. The summed E-state index contributed by atoms with van der Waals surface area (Å²) in [5.41, 5.74) is 2.07. The quantitative estimate of drug-likeness (QED) is 0.265. The minimum Gasteiger partial charge on any atom is -0.383 e. The van der Waals surface area contributed by atoms with E-state index in [0.717, 1.165) is 11.1 Å². The molecule has 0 radical (unpaired) electrons. The van der Waals surface area contributed by atoms with Gasteiger partial charge in [-0.25, -0.2) is 5.06 Å². The number of hydrogen-bond acceptors (Lipinski definition) is 5. The summed E-state index contributed by atoms with van der Waals surface area (Å²) in [6.07, 6.45) is -2.40. The summed E-state index contributed by atoms with van der Waals surface area (Å²) < 4.78 is 0. The average Bonchev–Trinajstić information content (AvgIpc) is 2.81. The summed E-state index contributed by atoms with van der Waals surface area (Å²) in [6.45, 7) is 4.95. The predicted molar refractivity (Wildman–Crippen MR) is 133 cm³/mol. The van der Waals surface area contributed by atoms with Gasteiger partial charge in [0, 0.05) is 17.6 Å². The van der Waals surface area contributed by atoms with Gasteiger partial charge in [0.2, 0.25) is 11.8 Å². The maximum absolute atomic E-state index is 12.3. The molecule has 0 spiro atoms. The van der Waals surface area contributed by atoms with Crippen LogP contribution in [0.1, 0.15) is 32.8 Å². The standard InChI is InChI=1S/C26H30ClN3O5/c1-26(2,3)23(24(33)28-4)29-22(32)16-21(31)25(34)30(35)15-5-6-17-7-9-18(10-8-17)19-11-13-20(27)14-12-19/h7-14,21,23,31,35H,15-16H2,1-4H3,(H,28,33)(H,29,32)/t21-,23+/m0/s1. The number of benzene rings is 2. The molecule has 2 aromatic rings. The van der Waals surface area contributed by atoms with Crippen LogP contribution in [0.4, 0.5) is 0 Å². The highest BCUT2D eigenvalue weighted by atomic mass is 35.5. The number of nitrogens with one attached hydrogen (secondary N) is 2. The normalized spacial score (nSPS) is 12.5. The predicted octanol–water partition coefficient (Wildman–Crippen LogP) is 2.60. The van der Waals surface area contributed by atoms with Crippen molar-refractivity contribution in [3.05, 3.63) is 59.1 Å². The van der Waals surface area contributed by atoms with Crippen molar-refractivity contribution in [3.8, 4) is 23.0 Å². The van der Waals surface area contributed by atoms with Crippen LogP contribution in [0.3, 0.4) is 0 Å². The smallest absolute Gasteiger partial charge is 0.276 e. The zero-order valence-electron chi connectivity index (χ0n) is 20.1. The monoisotopic (exact) mass is 499 g/mol. The fraction of sp³-hybridized carbons (Fsp3) is 0.346. The number of aliphatic hydroxyl groups excluding tert-OH is 1. The highest BCUT2D eigenvalue weighted by Crippen LogP contribution is 2.22. The molecule has 0 aliphatic heterocycles. The van der Waals surface area contributed by atoms with E-state index in [1.165, 1.54) is 7.05 Å². The maximum Gasteiger partial charge on any atom is 0.276 e. The van der Waals surface area contributed by atoms with Crippen molar-refractivity contribution in [2.45, 2.75) is 39.3 Å². The van der Waals surface area contributed by atoms with Gasteiger partial charge in [-0.15, -0.1) is 0 Å². The Bertz CT molecular complexity index is 1100. The van der Waals surface area contributed by atoms with Gasteiger partial charge in [0.05, 0.1) is 6.42 Å². The number of hydroxylamine groups is 2. The SMILES string of the molecule is CNC(=O)[C@@H](NC(=O)C[C@H](O)C(=O)N(O)CC#Cc1ccc(-c2ccc(Cl)cc2)cc1)C(C)(C)C. The number of halogens is 1. The summed E-state index contributed by atoms with van der Waals surface area (Å²) in [5.74, 6) is 3.32. The average molecular weight is 500 g/mol. The topological polar surface area (TPSA) is 119 Å². The van der Waals surface area contributed by atoms with Crippen molar-refractivity contribution < 1.29 is 24.7 Å². The lowest BCUT2D eigenvalue weighted by Crippen LogP contribution is -2.53. The van der Waals surface area contributed by atoms with E-state index in [4.69, 9.17) is 11.6 Å². The fourth-order valence-electron chi connectivity index (χ4n) is 3.16. The lowest BCUT2D eigenvalue weighted by atomic mass is 9.86. The molecule has 0 heterocycles. The first kappa shape index (κ1) is 27.9. The third-order valence-electron chi connectivity index (χ3n) is 5.12. The summed E-state index contributed by atoms with van der Waals surface area (Å²) in [5, 5.41) is 25.9. The van der Waals surface area contributed by atoms with E-state index in [9.17, 15) is 24.7 Å². The highest BCUT2D eigenvalue weighted by molar-refractivity contribution is 6.30. The number of aliphatic hydroxyl groups is 1. The molecule has 186 valence electrons. The Morgan fingerprint density at radius 3 is 2.09 bits per heavy atom. The van der Waals surface area contributed by atoms with E-state index in [1.54, 1.807) is 45.0 Å². The van der Waals surface area contributed by atoms with Gasteiger partial charge in [0.25, 0.3) is 5.91 Å². The lowest BCUT2D eigenvalue weighted by Gasteiger charge is -2.30. The molecule has 2 aromatic carbocycles. The van der Waals surface area contributed by atoms with Gasteiger partial charge in [-0.2, -0.15) is 0 Å². The molecule has 0 saturated heterocycles. The number of carbonyl (C=O) groups is 3. The molecule has 35 heavy (non-hydrogen) atoms. The fourth-order valence-corrected chi connectivity index (χ4v) is 3.28. The summed E-state index contributed by atoms with van der Waals surface area (Å²) >= 11 is 5.91. The second kappa shape index (κ2) is 12.4. The Kier molecular flexibility index (Phi) is 9.84. The second-order valence-electron chi connectivity index (χ2n) is 8.98. The first-order valence-electron chi connectivity index (χ1n) is 11.0. The minimum atomic E-state index is -1.79. The summed E-state index contributed by atoms with van der Waals surface area (Å²) in [7, 11) is 1.45. The van der Waals surface area contributed by atoms with Crippen molar-refractivity contribution in [1.82, 2.24) is 15.7 Å². The van der Waals surface area contributed by atoms with Crippen LogP contribution in [0.2, 0.25) is 5.02 Å². The van der Waals surface area contributed by atoms with E-state index < -0.39 is 41.7 Å². The zero-order valence-corrected chi connectivity index (χ0v) is 20.9. The van der Waals surface area contributed by atoms with Crippen LogP contribution in [0, 0.1) is 17.3 Å². The molecule has 4 N–H and O–H groups in total. The Balaban J connectivity index is 1.91. The molecular formula is C26H30ClN3O5. The zero-order chi connectivity index (χ0) is 26.2. The molecule has 0 fully saturated rings. The van der Waals surface area contributed by atoms with Crippen LogP contribution in [0.5, 0.6) is 0 Å². The van der Waals surface area contributed by atoms with E-state index in [-0.39, 0.29) is 11.6 Å². The molecule has 2 atom stereocenters. The number of carbonyl (C=O) groups excluding carboxylic acids is 3. The molecule has 0 unspecified atom stereocenters. The summed E-state index contributed by atoms with van der Waals surface area (Å²) in [4.78, 5) is 36.5. The maximum atomic E-state index is 12.3. The number of amides is 3. The molecule has 0 aliphatic rings. The van der Waals surface area contributed by atoms with E-state index in [2.05, 4.69) is 22.5 Å². The van der Waals surface area contributed by atoms with Gasteiger partial charge in [-0.05, 0) is 40.8 Å². The van der Waals surface area contributed by atoms with Gasteiger partial charge in [-0.3, -0.25) is 19.6 Å². The third-order valence-corrected chi connectivity index (χ3v) is 5.37. The number of rotatable bonds is 7.